The van der Waals surface area contributed by atoms with Crippen molar-refractivity contribution in [1.82, 2.24) is 4.90 Å². The maximum Gasteiger partial charge on any atom is 0.243 e. The fraction of sp³-hybridized carbons (Fsp3) is 0.318. The van der Waals surface area contributed by atoms with Gasteiger partial charge < -0.3 is 20.3 Å². The highest BCUT2D eigenvalue weighted by Gasteiger charge is 2.15. The first kappa shape index (κ1) is 21.9. The van der Waals surface area contributed by atoms with E-state index in [9.17, 15) is 14.4 Å². The molecule has 3 amide bonds. The number of methoxy groups -OCH3 is 1. The minimum Gasteiger partial charge on any atom is -0.497 e. The lowest BCUT2D eigenvalue weighted by Gasteiger charge is -2.20. The Labute approximate surface area is 171 Å². The second kappa shape index (κ2) is 10.8. The maximum absolute atomic E-state index is 12.5. The summed E-state index contributed by atoms with van der Waals surface area (Å²) in [7, 11) is 1.61. The van der Waals surface area contributed by atoms with Crippen LogP contribution >= 0.6 is 0 Å². The predicted molar refractivity (Wildman–Crippen MR) is 113 cm³/mol. The topological polar surface area (TPSA) is 87.7 Å². The SMILES string of the molecule is CCN(CC(=O)Nc1ccc(NC(C)=O)cc1)C(=O)CCc1ccc(OC)cc1. The Kier molecular flexibility index (Phi) is 8.21. The van der Waals surface area contributed by atoms with Gasteiger partial charge in [0.15, 0.2) is 0 Å². The van der Waals surface area contributed by atoms with Gasteiger partial charge in [-0.25, -0.2) is 0 Å². The number of nitrogens with zero attached hydrogens (tertiary/aromatic N) is 1. The van der Waals surface area contributed by atoms with Crippen LogP contribution in [0, 0.1) is 0 Å². The molecule has 154 valence electrons. The van der Waals surface area contributed by atoms with Crippen LogP contribution in [-0.2, 0) is 20.8 Å². The molecule has 0 saturated carbocycles. The van der Waals surface area contributed by atoms with Crippen molar-refractivity contribution < 1.29 is 19.1 Å². The number of rotatable bonds is 9. The van der Waals surface area contributed by atoms with Crippen molar-refractivity contribution in [1.29, 1.82) is 0 Å². The lowest BCUT2D eigenvalue weighted by molar-refractivity contribution is -0.134. The summed E-state index contributed by atoms with van der Waals surface area (Å²) < 4.78 is 5.13. The average molecular weight is 397 g/mol. The quantitative estimate of drug-likeness (QED) is 0.681. The minimum absolute atomic E-state index is 0.00854. The lowest BCUT2D eigenvalue weighted by Crippen LogP contribution is -2.38. The van der Waals surface area contributed by atoms with E-state index in [2.05, 4.69) is 10.6 Å². The summed E-state index contributed by atoms with van der Waals surface area (Å²) in [5.41, 5.74) is 2.30. The zero-order valence-electron chi connectivity index (χ0n) is 17.0. The first-order valence-corrected chi connectivity index (χ1v) is 9.49. The maximum atomic E-state index is 12.5. The molecule has 0 unspecified atom stereocenters. The Bertz CT molecular complexity index is 832. The number of likely N-dealkylation sites (N-methyl/N-ethyl adjacent to an activating group) is 1. The molecule has 2 aromatic carbocycles. The van der Waals surface area contributed by atoms with Crippen molar-refractivity contribution in [3.8, 4) is 5.75 Å². The number of amides is 3. The standard InChI is InChI=1S/C22H27N3O4/c1-4-25(22(28)14-7-17-5-12-20(29-3)13-6-17)15-21(27)24-19-10-8-18(9-11-19)23-16(2)26/h5-6,8-13H,4,7,14-15H2,1-3H3,(H,23,26)(H,24,27). The van der Waals surface area contributed by atoms with Gasteiger partial charge in [0.1, 0.15) is 5.75 Å². The Morgan fingerprint density at radius 3 is 2.03 bits per heavy atom. The highest BCUT2D eigenvalue weighted by Crippen LogP contribution is 2.15. The molecule has 0 aromatic heterocycles. The fourth-order valence-electron chi connectivity index (χ4n) is 2.79. The van der Waals surface area contributed by atoms with E-state index >= 15 is 0 Å². The van der Waals surface area contributed by atoms with Crippen LogP contribution in [0.1, 0.15) is 25.8 Å². The Morgan fingerprint density at radius 1 is 0.931 bits per heavy atom. The summed E-state index contributed by atoms with van der Waals surface area (Å²) >= 11 is 0. The molecule has 0 heterocycles. The molecule has 0 bridgehead atoms. The van der Waals surface area contributed by atoms with Crippen LogP contribution in [0.4, 0.5) is 11.4 Å². The Balaban J connectivity index is 1.84. The Hall–Kier alpha value is -3.35. The molecule has 7 nitrogen and oxygen atoms in total. The van der Waals surface area contributed by atoms with Crippen LogP contribution in [0.3, 0.4) is 0 Å². The number of aryl methyl sites for hydroxylation is 1. The fourth-order valence-corrected chi connectivity index (χ4v) is 2.79. The van der Waals surface area contributed by atoms with E-state index in [0.29, 0.717) is 30.8 Å². The van der Waals surface area contributed by atoms with E-state index in [4.69, 9.17) is 4.74 Å². The number of nitrogens with one attached hydrogen (secondary N) is 2. The molecule has 0 saturated heterocycles. The highest BCUT2D eigenvalue weighted by atomic mass is 16.5. The summed E-state index contributed by atoms with van der Waals surface area (Å²) in [6, 6.07) is 14.4. The second-order valence-corrected chi connectivity index (χ2v) is 6.56. The third-order valence-corrected chi connectivity index (χ3v) is 4.34. The van der Waals surface area contributed by atoms with Crippen LogP contribution in [0.5, 0.6) is 5.75 Å². The van der Waals surface area contributed by atoms with Gasteiger partial charge in [-0.05, 0) is 55.3 Å². The molecule has 7 heteroatoms. The van der Waals surface area contributed by atoms with Crippen LogP contribution in [-0.4, -0.2) is 42.8 Å². The molecule has 2 rings (SSSR count). The van der Waals surface area contributed by atoms with Crippen molar-refractivity contribution in [2.75, 3.05) is 30.8 Å². The number of carbonyl (C=O) groups is 3. The van der Waals surface area contributed by atoms with Gasteiger partial charge in [0.25, 0.3) is 0 Å². The number of anilines is 2. The van der Waals surface area contributed by atoms with E-state index in [1.165, 1.54) is 11.8 Å². The largest absolute Gasteiger partial charge is 0.497 e. The van der Waals surface area contributed by atoms with Crippen LogP contribution in [0.15, 0.2) is 48.5 Å². The molecule has 0 fully saturated rings. The molecular formula is C22H27N3O4. The van der Waals surface area contributed by atoms with Crippen molar-refractivity contribution in [2.24, 2.45) is 0 Å². The van der Waals surface area contributed by atoms with Crippen molar-refractivity contribution in [3.63, 3.8) is 0 Å². The average Bonchev–Trinajstić information content (AvgIpc) is 2.71. The molecule has 29 heavy (non-hydrogen) atoms. The molecule has 0 spiro atoms. The van der Waals surface area contributed by atoms with Gasteiger partial charge in [-0.1, -0.05) is 12.1 Å². The van der Waals surface area contributed by atoms with Crippen molar-refractivity contribution >= 4 is 29.1 Å². The minimum atomic E-state index is -0.267. The van der Waals surface area contributed by atoms with Gasteiger partial charge >= 0.3 is 0 Å². The molecule has 2 N–H and O–H groups in total. The third-order valence-electron chi connectivity index (χ3n) is 4.34. The van der Waals surface area contributed by atoms with Gasteiger partial charge in [0, 0.05) is 31.3 Å². The third kappa shape index (κ3) is 7.29. The summed E-state index contributed by atoms with van der Waals surface area (Å²) in [5, 5.41) is 5.43. The number of hydrogen-bond acceptors (Lipinski definition) is 4. The van der Waals surface area contributed by atoms with E-state index < -0.39 is 0 Å². The number of ether oxygens (including phenoxy) is 1. The second-order valence-electron chi connectivity index (χ2n) is 6.56. The molecule has 0 radical (unpaired) electrons. The highest BCUT2D eigenvalue weighted by molar-refractivity contribution is 5.95. The van der Waals surface area contributed by atoms with E-state index in [0.717, 1.165) is 11.3 Å². The Morgan fingerprint density at radius 2 is 1.52 bits per heavy atom. The van der Waals surface area contributed by atoms with Gasteiger partial charge in [0.2, 0.25) is 17.7 Å². The summed E-state index contributed by atoms with van der Waals surface area (Å²) in [4.78, 5) is 37.4. The van der Waals surface area contributed by atoms with E-state index in [1.54, 1.807) is 31.4 Å². The summed E-state index contributed by atoms with van der Waals surface area (Å²) in [6.07, 6.45) is 0.935. The van der Waals surface area contributed by atoms with Gasteiger partial charge in [-0.15, -0.1) is 0 Å². The first-order chi connectivity index (χ1) is 13.9. The smallest absolute Gasteiger partial charge is 0.243 e. The first-order valence-electron chi connectivity index (χ1n) is 9.49. The van der Waals surface area contributed by atoms with Gasteiger partial charge in [-0.2, -0.15) is 0 Å². The predicted octanol–water partition coefficient (Wildman–Crippen LogP) is 3.07. The summed E-state index contributed by atoms with van der Waals surface area (Å²) in [6.45, 7) is 3.73. The van der Waals surface area contributed by atoms with E-state index in [1.807, 2.05) is 31.2 Å². The number of carbonyl (C=O) groups excluding carboxylic acids is 3. The zero-order valence-corrected chi connectivity index (χ0v) is 17.0. The van der Waals surface area contributed by atoms with Gasteiger partial charge in [-0.3, -0.25) is 14.4 Å². The number of benzene rings is 2. The molecule has 2 aromatic rings. The number of hydrogen-bond donors (Lipinski definition) is 2. The van der Waals surface area contributed by atoms with Crippen molar-refractivity contribution in [2.45, 2.75) is 26.7 Å². The molecule has 0 atom stereocenters. The zero-order chi connectivity index (χ0) is 21.2. The normalized spacial score (nSPS) is 10.2. The molecule has 0 aliphatic heterocycles. The molecule has 0 aliphatic rings. The van der Waals surface area contributed by atoms with Crippen LogP contribution in [0.2, 0.25) is 0 Å². The monoisotopic (exact) mass is 397 g/mol. The molecular weight excluding hydrogens is 370 g/mol. The van der Waals surface area contributed by atoms with Crippen LogP contribution in [0.25, 0.3) is 0 Å². The summed E-state index contributed by atoms with van der Waals surface area (Å²) in [5.74, 6) is 0.280. The van der Waals surface area contributed by atoms with Gasteiger partial charge in [0.05, 0.1) is 13.7 Å². The van der Waals surface area contributed by atoms with Crippen LogP contribution < -0.4 is 15.4 Å². The van der Waals surface area contributed by atoms with E-state index in [-0.39, 0.29) is 24.3 Å². The lowest BCUT2D eigenvalue weighted by atomic mass is 10.1. The molecule has 0 aliphatic carbocycles. The van der Waals surface area contributed by atoms with Crippen molar-refractivity contribution in [3.05, 3.63) is 54.1 Å².